The van der Waals surface area contributed by atoms with Crippen molar-refractivity contribution in [1.29, 1.82) is 0 Å². The van der Waals surface area contributed by atoms with Crippen LogP contribution in [-0.4, -0.2) is 27.3 Å². The Hall–Kier alpha value is -2.47. The van der Waals surface area contributed by atoms with Crippen molar-refractivity contribution in [3.8, 4) is 0 Å². The summed E-state index contributed by atoms with van der Waals surface area (Å²) in [6, 6.07) is 9.12. The number of fused-ring (bicyclic) bond motifs is 1. The predicted molar refractivity (Wildman–Crippen MR) is 96.6 cm³/mol. The minimum atomic E-state index is -0.179. The summed E-state index contributed by atoms with van der Waals surface area (Å²) in [6.07, 6.45) is 0. The second kappa shape index (κ2) is 6.57. The fourth-order valence-electron chi connectivity index (χ4n) is 2.73. The SMILES string of the molecule is CCN(Cc1nc2ccccc2c(=O)[nH]1)C(=O)c1cc(C)sc1C. The highest BCUT2D eigenvalue weighted by atomic mass is 32.1. The molecule has 1 aromatic carbocycles. The van der Waals surface area contributed by atoms with E-state index in [4.69, 9.17) is 0 Å². The molecule has 0 aliphatic heterocycles. The van der Waals surface area contributed by atoms with Gasteiger partial charge in [-0.05, 0) is 39.0 Å². The van der Waals surface area contributed by atoms with Crippen molar-refractivity contribution >= 4 is 28.1 Å². The molecule has 1 N–H and O–H groups in total. The van der Waals surface area contributed by atoms with Crippen molar-refractivity contribution in [2.45, 2.75) is 27.3 Å². The smallest absolute Gasteiger partial charge is 0.258 e. The van der Waals surface area contributed by atoms with Gasteiger partial charge in [-0.3, -0.25) is 9.59 Å². The van der Waals surface area contributed by atoms with E-state index >= 15 is 0 Å². The van der Waals surface area contributed by atoms with Crippen LogP contribution in [0.25, 0.3) is 10.9 Å². The molecule has 1 amide bonds. The number of benzene rings is 1. The second-order valence-electron chi connectivity index (χ2n) is 5.68. The van der Waals surface area contributed by atoms with Gasteiger partial charge >= 0.3 is 0 Å². The summed E-state index contributed by atoms with van der Waals surface area (Å²) in [4.78, 5) is 36.0. The Morgan fingerprint density at radius 2 is 2.04 bits per heavy atom. The fourth-order valence-corrected chi connectivity index (χ4v) is 3.65. The van der Waals surface area contributed by atoms with Crippen molar-refractivity contribution in [2.24, 2.45) is 0 Å². The third kappa shape index (κ3) is 3.10. The maximum absolute atomic E-state index is 12.8. The summed E-state index contributed by atoms with van der Waals surface area (Å²) in [5.41, 5.74) is 1.19. The molecular formula is C18H19N3O2S. The quantitative estimate of drug-likeness (QED) is 0.792. The van der Waals surface area contributed by atoms with Gasteiger partial charge in [-0.2, -0.15) is 0 Å². The number of nitrogens with zero attached hydrogens (tertiary/aromatic N) is 2. The number of para-hydroxylation sites is 1. The van der Waals surface area contributed by atoms with Gasteiger partial charge in [0.15, 0.2) is 0 Å². The Bertz CT molecular complexity index is 958. The van der Waals surface area contributed by atoms with E-state index in [0.717, 1.165) is 15.3 Å². The fraction of sp³-hybridized carbons (Fsp3) is 0.278. The Balaban J connectivity index is 1.92. The third-order valence-electron chi connectivity index (χ3n) is 3.94. The number of carbonyl (C=O) groups is 1. The first kappa shape index (κ1) is 16.4. The van der Waals surface area contributed by atoms with Gasteiger partial charge in [0.1, 0.15) is 5.82 Å². The molecule has 0 saturated carbocycles. The van der Waals surface area contributed by atoms with Crippen LogP contribution in [0.5, 0.6) is 0 Å². The van der Waals surface area contributed by atoms with E-state index in [2.05, 4.69) is 9.97 Å². The number of rotatable bonds is 4. The van der Waals surface area contributed by atoms with Crippen LogP contribution in [0.15, 0.2) is 35.1 Å². The lowest BCUT2D eigenvalue weighted by atomic mass is 10.2. The van der Waals surface area contributed by atoms with Gasteiger partial charge in [0.05, 0.1) is 23.0 Å². The molecule has 3 aromatic rings. The van der Waals surface area contributed by atoms with Gasteiger partial charge in [-0.25, -0.2) is 4.98 Å². The highest BCUT2D eigenvalue weighted by Gasteiger charge is 2.19. The van der Waals surface area contributed by atoms with Crippen LogP contribution in [-0.2, 0) is 6.54 Å². The van der Waals surface area contributed by atoms with E-state index in [0.29, 0.717) is 23.3 Å². The van der Waals surface area contributed by atoms with Crippen LogP contribution >= 0.6 is 11.3 Å². The van der Waals surface area contributed by atoms with Crippen molar-refractivity contribution in [2.75, 3.05) is 6.54 Å². The van der Waals surface area contributed by atoms with Gasteiger partial charge in [0.25, 0.3) is 11.5 Å². The third-order valence-corrected chi connectivity index (χ3v) is 4.91. The molecule has 2 aromatic heterocycles. The molecular weight excluding hydrogens is 322 g/mol. The van der Waals surface area contributed by atoms with Crippen LogP contribution in [0.3, 0.4) is 0 Å². The number of hydrogen-bond acceptors (Lipinski definition) is 4. The number of aromatic amines is 1. The van der Waals surface area contributed by atoms with E-state index < -0.39 is 0 Å². The zero-order chi connectivity index (χ0) is 17.3. The van der Waals surface area contributed by atoms with Gasteiger partial charge in [-0.1, -0.05) is 12.1 Å². The number of carbonyl (C=O) groups excluding carboxylic acids is 1. The Morgan fingerprint density at radius 3 is 2.71 bits per heavy atom. The molecule has 5 nitrogen and oxygen atoms in total. The summed E-state index contributed by atoms with van der Waals surface area (Å²) in [5.74, 6) is 0.466. The number of H-pyrrole nitrogens is 1. The molecule has 0 unspecified atom stereocenters. The van der Waals surface area contributed by atoms with E-state index in [9.17, 15) is 9.59 Å². The topological polar surface area (TPSA) is 66.1 Å². The predicted octanol–water partition coefficient (Wildman–Crippen LogP) is 3.26. The number of thiophene rings is 1. The van der Waals surface area contributed by atoms with Gasteiger partial charge in [0, 0.05) is 16.3 Å². The van der Waals surface area contributed by atoms with E-state index in [1.165, 1.54) is 0 Å². The number of amides is 1. The zero-order valence-corrected chi connectivity index (χ0v) is 14.7. The zero-order valence-electron chi connectivity index (χ0n) is 13.9. The molecule has 2 heterocycles. The highest BCUT2D eigenvalue weighted by Crippen LogP contribution is 2.22. The Kier molecular flexibility index (Phi) is 4.49. The molecule has 0 saturated heterocycles. The largest absolute Gasteiger partial charge is 0.331 e. The molecule has 3 rings (SSSR count). The molecule has 6 heteroatoms. The molecule has 124 valence electrons. The van der Waals surface area contributed by atoms with E-state index in [-0.39, 0.29) is 18.0 Å². The lowest BCUT2D eigenvalue weighted by Gasteiger charge is -2.20. The first-order valence-electron chi connectivity index (χ1n) is 7.84. The molecule has 0 atom stereocenters. The average Bonchev–Trinajstić information content (AvgIpc) is 2.90. The standard InChI is InChI=1S/C18H19N3O2S/c1-4-21(18(23)14-9-11(2)24-12(14)3)10-16-19-15-8-6-5-7-13(15)17(22)20-16/h5-9H,4,10H2,1-3H3,(H,19,20,22). The maximum atomic E-state index is 12.8. The molecule has 0 bridgehead atoms. The van der Waals surface area contributed by atoms with Crippen molar-refractivity contribution < 1.29 is 4.79 Å². The molecule has 0 spiro atoms. The lowest BCUT2D eigenvalue weighted by Crippen LogP contribution is -2.32. The average molecular weight is 341 g/mol. The van der Waals surface area contributed by atoms with Crippen LogP contribution in [0.2, 0.25) is 0 Å². The minimum absolute atomic E-state index is 0.0323. The summed E-state index contributed by atoms with van der Waals surface area (Å²) in [7, 11) is 0. The Morgan fingerprint density at radius 1 is 1.29 bits per heavy atom. The van der Waals surface area contributed by atoms with Gasteiger partial charge in [0.2, 0.25) is 0 Å². The summed E-state index contributed by atoms with van der Waals surface area (Å²) in [6.45, 7) is 6.70. The molecule has 0 aliphatic rings. The second-order valence-corrected chi connectivity index (χ2v) is 7.14. The Labute approximate surface area is 144 Å². The molecule has 24 heavy (non-hydrogen) atoms. The lowest BCUT2D eigenvalue weighted by molar-refractivity contribution is 0.0748. The number of nitrogens with one attached hydrogen (secondary N) is 1. The normalized spacial score (nSPS) is 11.0. The number of hydrogen-bond donors (Lipinski definition) is 1. The minimum Gasteiger partial charge on any atom is -0.331 e. The molecule has 0 fully saturated rings. The van der Waals surface area contributed by atoms with E-state index in [1.807, 2.05) is 39.0 Å². The van der Waals surface area contributed by atoms with Crippen LogP contribution in [0.4, 0.5) is 0 Å². The number of aryl methyl sites for hydroxylation is 2. The van der Waals surface area contributed by atoms with Crippen LogP contribution in [0.1, 0.15) is 32.9 Å². The highest BCUT2D eigenvalue weighted by molar-refractivity contribution is 7.12. The van der Waals surface area contributed by atoms with Gasteiger partial charge in [-0.15, -0.1) is 11.3 Å². The molecule has 0 radical (unpaired) electrons. The first-order valence-corrected chi connectivity index (χ1v) is 8.65. The van der Waals surface area contributed by atoms with E-state index in [1.54, 1.807) is 28.4 Å². The first-order chi connectivity index (χ1) is 11.5. The van der Waals surface area contributed by atoms with Crippen LogP contribution in [0, 0.1) is 13.8 Å². The van der Waals surface area contributed by atoms with Crippen LogP contribution < -0.4 is 5.56 Å². The number of aromatic nitrogens is 2. The van der Waals surface area contributed by atoms with Gasteiger partial charge < -0.3 is 9.88 Å². The summed E-state index contributed by atoms with van der Waals surface area (Å²) >= 11 is 1.62. The van der Waals surface area contributed by atoms with Crippen molar-refractivity contribution in [1.82, 2.24) is 14.9 Å². The summed E-state index contributed by atoms with van der Waals surface area (Å²) < 4.78 is 0. The van der Waals surface area contributed by atoms with Crippen molar-refractivity contribution in [3.63, 3.8) is 0 Å². The van der Waals surface area contributed by atoms with Crippen molar-refractivity contribution in [3.05, 3.63) is 61.8 Å². The maximum Gasteiger partial charge on any atom is 0.258 e. The summed E-state index contributed by atoms with van der Waals surface area (Å²) in [5, 5.41) is 0.555. The molecule has 0 aliphatic carbocycles. The monoisotopic (exact) mass is 341 g/mol.